The summed E-state index contributed by atoms with van der Waals surface area (Å²) in [5.41, 5.74) is -0.195. The quantitative estimate of drug-likeness (QED) is 0.888. The molecule has 0 aromatic carbocycles. The van der Waals surface area contributed by atoms with E-state index in [9.17, 15) is 4.79 Å². The van der Waals surface area contributed by atoms with Gasteiger partial charge in [0.05, 0.1) is 0 Å². The van der Waals surface area contributed by atoms with Crippen LogP contribution >= 0.6 is 0 Å². The number of nitriles is 1. The van der Waals surface area contributed by atoms with Gasteiger partial charge in [0.15, 0.2) is 0 Å². The van der Waals surface area contributed by atoms with Gasteiger partial charge in [-0.1, -0.05) is 0 Å². The van der Waals surface area contributed by atoms with E-state index in [-0.39, 0.29) is 17.3 Å². The van der Waals surface area contributed by atoms with Crippen LogP contribution in [0.25, 0.3) is 0 Å². The van der Waals surface area contributed by atoms with E-state index in [2.05, 4.69) is 15.3 Å². The van der Waals surface area contributed by atoms with Crippen LogP contribution in [0.2, 0.25) is 0 Å². The summed E-state index contributed by atoms with van der Waals surface area (Å²) in [7, 11) is 0. The van der Waals surface area contributed by atoms with E-state index in [0.717, 1.165) is 38.8 Å². The monoisotopic (exact) mass is 343 g/mol. The Morgan fingerprint density at radius 3 is 2.68 bits per heavy atom. The summed E-state index contributed by atoms with van der Waals surface area (Å²) in [6, 6.07) is 4.10. The molecule has 7 nitrogen and oxygen atoms in total. The molecule has 7 heteroatoms. The Bertz CT molecular complexity index is 675. The number of hydrogen-bond acceptors (Lipinski definition) is 6. The Labute approximate surface area is 148 Å². The molecule has 3 rings (SSSR count). The summed E-state index contributed by atoms with van der Waals surface area (Å²) in [6.07, 6.45) is 5.63. The van der Waals surface area contributed by atoms with Crippen molar-refractivity contribution < 1.29 is 9.53 Å². The molecule has 0 unspecified atom stereocenters. The van der Waals surface area contributed by atoms with Crippen molar-refractivity contribution in [1.29, 1.82) is 5.26 Å². The van der Waals surface area contributed by atoms with E-state index in [0.29, 0.717) is 11.9 Å². The van der Waals surface area contributed by atoms with Crippen LogP contribution in [0.3, 0.4) is 0 Å². The molecule has 2 heterocycles. The second-order valence-corrected chi connectivity index (χ2v) is 8.13. The molecule has 0 bridgehead atoms. The number of hydrogen-bond donors (Lipinski definition) is 1. The van der Waals surface area contributed by atoms with Crippen molar-refractivity contribution >= 4 is 11.9 Å². The Hall–Kier alpha value is -2.36. The van der Waals surface area contributed by atoms with Gasteiger partial charge < -0.3 is 15.0 Å². The number of carbonyl (C=O) groups excluding carboxylic acids is 1. The van der Waals surface area contributed by atoms with Gasteiger partial charge in [0, 0.05) is 30.7 Å². The minimum absolute atomic E-state index is 0.185. The molecule has 25 heavy (non-hydrogen) atoms. The van der Waals surface area contributed by atoms with Crippen molar-refractivity contribution in [3.63, 3.8) is 0 Å². The number of ether oxygens (including phenoxy) is 1. The molecule has 1 amide bonds. The van der Waals surface area contributed by atoms with Gasteiger partial charge in [-0.3, -0.25) is 0 Å². The van der Waals surface area contributed by atoms with Crippen LogP contribution in [0.15, 0.2) is 12.3 Å². The van der Waals surface area contributed by atoms with Gasteiger partial charge in [-0.05, 0) is 52.5 Å². The van der Waals surface area contributed by atoms with Gasteiger partial charge in [0.1, 0.15) is 17.5 Å². The maximum absolute atomic E-state index is 12.1. The van der Waals surface area contributed by atoms with Gasteiger partial charge >= 0.3 is 6.09 Å². The van der Waals surface area contributed by atoms with Gasteiger partial charge in [-0.2, -0.15) is 5.26 Å². The molecule has 2 aliphatic rings. The minimum Gasteiger partial charge on any atom is -0.444 e. The highest BCUT2D eigenvalue weighted by molar-refractivity contribution is 5.69. The molecule has 1 saturated heterocycles. The predicted octanol–water partition coefficient (Wildman–Crippen LogP) is 2.94. The van der Waals surface area contributed by atoms with Gasteiger partial charge in [-0.25, -0.2) is 14.8 Å². The normalized spacial score (nSPS) is 19.8. The first kappa shape index (κ1) is 17.5. The van der Waals surface area contributed by atoms with Crippen LogP contribution in [0.4, 0.5) is 10.6 Å². The molecule has 2 fully saturated rings. The second-order valence-electron chi connectivity index (χ2n) is 8.13. The first-order valence-electron chi connectivity index (χ1n) is 8.76. The number of nitrogens with one attached hydrogen (secondary N) is 1. The number of amides is 1. The van der Waals surface area contributed by atoms with E-state index < -0.39 is 5.60 Å². The third kappa shape index (κ3) is 4.19. The zero-order valence-corrected chi connectivity index (χ0v) is 15.1. The summed E-state index contributed by atoms with van der Waals surface area (Å²) in [6.45, 7) is 7.26. The number of likely N-dealkylation sites (tertiary alicyclic amines) is 1. The van der Waals surface area contributed by atoms with Gasteiger partial charge in [0.25, 0.3) is 0 Å². The molecule has 1 aliphatic carbocycles. The van der Waals surface area contributed by atoms with Crippen molar-refractivity contribution in [2.75, 3.05) is 18.4 Å². The van der Waals surface area contributed by atoms with Crippen molar-refractivity contribution in [2.45, 2.75) is 58.1 Å². The van der Waals surface area contributed by atoms with E-state index in [1.165, 1.54) is 0 Å². The first-order valence-corrected chi connectivity index (χ1v) is 8.76. The standard InChI is InChI=1S/C18H25N5O2/c1-17(2,3)25-16(24)23-11-18(12-23)7-4-13(5-8-18)21-14-6-9-20-15(10-19)22-14/h6,9,13H,4-5,7-8,11-12H2,1-3H3,(H,20,21,22). The number of aromatic nitrogens is 2. The molecule has 0 atom stereocenters. The fourth-order valence-corrected chi connectivity index (χ4v) is 3.61. The van der Waals surface area contributed by atoms with Crippen LogP contribution in [0.5, 0.6) is 0 Å². The van der Waals surface area contributed by atoms with Crippen molar-refractivity contribution in [3.05, 3.63) is 18.1 Å². The lowest BCUT2D eigenvalue weighted by molar-refractivity contribution is -0.0496. The molecular formula is C18H25N5O2. The van der Waals surface area contributed by atoms with Crippen LogP contribution in [0.1, 0.15) is 52.3 Å². The van der Waals surface area contributed by atoms with E-state index in [1.54, 1.807) is 12.3 Å². The lowest BCUT2D eigenvalue weighted by Crippen LogP contribution is -2.60. The van der Waals surface area contributed by atoms with Crippen LogP contribution < -0.4 is 5.32 Å². The van der Waals surface area contributed by atoms with Gasteiger partial charge in [0.2, 0.25) is 5.82 Å². The van der Waals surface area contributed by atoms with Crippen LogP contribution in [-0.4, -0.2) is 45.7 Å². The molecule has 1 aromatic rings. The van der Waals surface area contributed by atoms with Crippen LogP contribution in [0, 0.1) is 16.7 Å². The topological polar surface area (TPSA) is 91.1 Å². The highest BCUT2D eigenvalue weighted by Gasteiger charge is 2.47. The second kappa shape index (κ2) is 6.51. The Morgan fingerprint density at radius 1 is 1.40 bits per heavy atom. The molecule has 1 aromatic heterocycles. The zero-order valence-electron chi connectivity index (χ0n) is 15.1. The summed E-state index contributed by atoms with van der Waals surface area (Å²) < 4.78 is 5.43. The Kier molecular flexibility index (Phi) is 4.55. The maximum atomic E-state index is 12.1. The number of anilines is 1. The highest BCUT2D eigenvalue weighted by Crippen LogP contribution is 2.44. The fourth-order valence-electron chi connectivity index (χ4n) is 3.61. The van der Waals surface area contributed by atoms with E-state index >= 15 is 0 Å². The Morgan fingerprint density at radius 2 is 2.08 bits per heavy atom. The number of nitrogens with zero attached hydrogens (tertiary/aromatic N) is 4. The summed E-state index contributed by atoms with van der Waals surface area (Å²) in [5.74, 6) is 0.890. The predicted molar refractivity (Wildman–Crippen MR) is 92.9 cm³/mol. The molecule has 1 spiro atoms. The highest BCUT2D eigenvalue weighted by atomic mass is 16.6. The third-order valence-corrected chi connectivity index (χ3v) is 4.86. The van der Waals surface area contributed by atoms with E-state index in [1.807, 2.05) is 31.7 Å². The van der Waals surface area contributed by atoms with E-state index in [4.69, 9.17) is 10.00 Å². The molecule has 1 aliphatic heterocycles. The molecular weight excluding hydrogens is 318 g/mol. The number of carbonyl (C=O) groups is 1. The minimum atomic E-state index is -0.443. The third-order valence-electron chi connectivity index (χ3n) is 4.86. The smallest absolute Gasteiger partial charge is 0.410 e. The first-order chi connectivity index (χ1) is 11.8. The van der Waals surface area contributed by atoms with Crippen molar-refractivity contribution in [2.24, 2.45) is 5.41 Å². The summed E-state index contributed by atoms with van der Waals surface area (Å²) in [4.78, 5) is 21.9. The average molecular weight is 343 g/mol. The van der Waals surface area contributed by atoms with Crippen LogP contribution in [-0.2, 0) is 4.74 Å². The lowest BCUT2D eigenvalue weighted by atomic mass is 9.67. The van der Waals surface area contributed by atoms with Gasteiger partial charge in [-0.15, -0.1) is 0 Å². The average Bonchev–Trinajstić information content (AvgIpc) is 2.52. The molecule has 1 saturated carbocycles. The molecule has 0 radical (unpaired) electrons. The lowest BCUT2D eigenvalue weighted by Gasteiger charge is -2.53. The fraction of sp³-hybridized carbons (Fsp3) is 0.667. The Balaban J connectivity index is 1.47. The molecule has 134 valence electrons. The van der Waals surface area contributed by atoms with Crippen molar-refractivity contribution in [1.82, 2.24) is 14.9 Å². The summed E-state index contributed by atoms with van der Waals surface area (Å²) in [5, 5.41) is 12.3. The number of rotatable bonds is 2. The SMILES string of the molecule is CC(C)(C)OC(=O)N1CC2(CCC(Nc3ccnc(C#N)n3)CC2)C1. The molecule has 1 N–H and O–H groups in total. The maximum Gasteiger partial charge on any atom is 0.410 e. The summed E-state index contributed by atoms with van der Waals surface area (Å²) >= 11 is 0. The largest absolute Gasteiger partial charge is 0.444 e. The van der Waals surface area contributed by atoms with Crippen molar-refractivity contribution in [3.8, 4) is 6.07 Å². The zero-order chi connectivity index (χ0) is 18.1.